The van der Waals surface area contributed by atoms with E-state index in [0.29, 0.717) is 10.7 Å². The van der Waals surface area contributed by atoms with E-state index in [1.165, 1.54) is 18.7 Å². The quantitative estimate of drug-likeness (QED) is 0.421. The first-order valence-electron chi connectivity index (χ1n) is 11.2. The van der Waals surface area contributed by atoms with E-state index in [1.54, 1.807) is 43.3 Å². The van der Waals surface area contributed by atoms with Crippen molar-refractivity contribution in [2.24, 2.45) is 0 Å². The average Bonchev–Trinajstić information content (AvgIpc) is 2.80. The van der Waals surface area contributed by atoms with Crippen LogP contribution in [-0.4, -0.2) is 28.0 Å². The highest BCUT2D eigenvalue weighted by molar-refractivity contribution is 7.93. The van der Waals surface area contributed by atoms with Gasteiger partial charge in [0.1, 0.15) is 17.2 Å². The topological polar surface area (TPSA) is 75.7 Å². The third-order valence-corrected chi connectivity index (χ3v) is 8.06. The van der Waals surface area contributed by atoms with Gasteiger partial charge in [0.25, 0.3) is 10.0 Å². The molecule has 6 nitrogen and oxygen atoms in total. The molecule has 186 valence electrons. The minimum atomic E-state index is -4.14. The van der Waals surface area contributed by atoms with E-state index in [1.807, 2.05) is 27.7 Å². The van der Waals surface area contributed by atoms with E-state index in [4.69, 9.17) is 16.3 Å². The Morgan fingerprint density at radius 3 is 2.23 bits per heavy atom. The SMILES string of the molecule is COc1ccc(C)cc1S(=O)(=O)N(CC(=O)N[C@H](C)c1cc(C)c(C)cc1C)c1ccc(Cl)cc1. The number of carbonyl (C=O) groups excluding carboxylic acids is 1. The number of hydrogen-bond acceptors (Lipinski definition) is 4. The smallest absolute Gasteiger partial charge is 0.268 e. The summed E-state index contributed by atoms with van der Waals surface area (Å²) >= 11 is 6.03. The fraction of sp³-hybridized carbons (Fsp3) is 0.296. The van der Waals surface area contributed by atoms with Gasteiger partial charge in [0.05, 0.1) is 18.8 Å². The van der Waals surface area contributed by atoms with Crippen LogP contribution in [0.2, 0.25) is 5.02 Å². The number of aryl methyl sites for hydroxylation is 4. The largest absolute Gasteiger partial charge is 0.495 e. The number of methoxy groups -OCH3 is 1. The second-order valence-corrected chi connectivity index (χ2v) is 11.0. The van der Waals surface area contributed by atoms with Gasteiger partial charge in [-0.25, -0.2) is 8.42 Å². The number of nitrogens with zero attached hydrogens (tertiary/aromatic N) is 1. The molecule has 0 spiro atoms. The summed E-state index contributed by atoms with van der Waals surface area (Å²) in [5.74, 6) is -0.227. The highest BCUT2D eigenvalue weighted by Gasteiger charge is 2.30. The molecule has 0 aromatic heterocycles. The van der Waals surface area contributed by atoms with Crippen molar-refractivity contribution in [1.29, 1.82) is 0 Å². The van der Waals surface area contributed by atoms with E-state index in [0.717, 1.165) is 26.6 Å². The Kier molecular flexibility index (Phi) is 8.13. The second-order valence-electron chi connectivity index (χ2n) is 8.72. The fourth-order valence-electron chi connectivity index (χ4n) is 3.97. The van der Waals surface area contributed by atoms with Crippen LogP contribution in [0.1, 0.15) is 40.8 Å². The van der Waals surface area contributed by atoms with Crippen molar-refractivity contribution in [1.82, 2.24) is 5.32 Å². The number of ether oxygens (including phenoxy) is 1. The summed E-state index contributed by atoms with van der Waals surface area (Å²) in [6.45, 7) is 9.35. The van der Waals surface area contributed by atoms with Crippen LogP contribution in [-0.2, 0) is 14.8 Å². The predicted molar refractivity (Wildman–Crippen MR) is 141 cm³/mol. The van der Waals surface area contributed by atoms with E-state index in [-0.39, 0.29) is 16.7 Å². The average molecular weight is 515 g/mol. The summed E-state index contributed by atoms with van der Waals surface area (Å²) in [6.07, 6.45) is 0. The third-order valence-electron chi connectivity index (χ3n) is 6.02. The Morgan fingerprint density at radius 1 is 0.971 bits per heavy atom. The van der Waals surface area contributed by atoms with E-state index in [9.17, 15) is 13.2 Å². The molecular formula is C27H31ClN2O4S. The van der Waals surface area contributed by atoms with Gasteiger partial charge in [0, 0.05) is 5.02 Å². The summed E-state index contributed by atoms with van der Waals surface area (Å²) in [5.41, 5.74) is 5.43. The Hall–Kier alpha value is -3.03. The van der Waals surface area contributed by atoms with Crippen LogP contribution in [0, 0.1) is 27.7 Å². The molecule has 0 aliphatic carbocycles. The van der Waals surface area contributed by atoms with E-state index >= 15 is 0 Å². The number of sulfonamides is 1. The first-order valence-corrected chi connectivity index (χ1v) is 13.1. The molecule has 0 fully saturated rings. The summed E-state index contributed by atoms with van der Waals surface area (Å²) in [4.78, 5) is 13.2. The number of hydrogen-bond donors (Lipinski definition) is 1. The lowest BCUT2D eigenvalue weighted by Gasteiger charge is -2.26. The molecule has 0 bridgehead atoms. The lowest BCUT2D eigenvalue weighted by Crippen LogP contribution is -2.41. The molecule has 3 aromatic carbocycles. The number of benzene rings is 3. The monoisotopic (exact) mass is 514 g/mol. The number of carbonyl (C=O) groups is 1. The maximum Gasteiger partial charge on any atom is 0.268 e. The maximum atomic E-state index is 13.8. The Bertz CT molecular complexity index is 1340. The van der Waals surface area contributed by atoms with Crippen molar-refractivity contribution in [3.8, 4) is 5.75 Å². The zero-order valence-corrected chi connectivity index (χ0v) is 22.4. The van der Waals surface area contributed by atoms with Gasteiger partial charge in [-0.3, -0.25) is 9.10 Å². The minimum absolute atomic E-state index is 0.0131. The second kappa shape index (κ2) is 10.7. The first-order chi connectivity index (χ1) is 16.4. The van der Waals surface area contributed by atoms with Gasteiger partial charge in [0.2, 0.25) is 5.91 Å². The van der Waals surface area contributed by atoms with Gasteiger partial charge in [-0.2, -0.15) is 0 Å². The third kappa shape index (κ3) is 5.97. The van der Waals surface area contributed by atoms with Crippen molar-refractivity contribution < 1.29 is 17.9 Å². The molecule has 3 rings (SSSR count). The van der Waals surface area contributed by atoms with Gasteiger partial charge in [-0.15, -0.1) is 0 Å². The van der Waals surface area contributed by atoms with Crippen LogP contribution in [0.15, 0.2) is 59.5 Å². The molecular weight excluding hydrogens is 484 g/mol. The fourth-order valence-corrected chi connectivity index (χ4v) is 5.76. The normalized spacial score (nSPS) is 12.2. The highest BCUT2D eigenvalue weighted by atomic mass is 35.5. The van der Waals surface area contributed by atoms with Crippen LogP contribution < -0.4 is 14.4 Å². The molecule has 3 aromatic rings. The molecule has 0 heterocycles. The molecule has 0 aliphatic heterocycles. The van der Waals surface area contributed by atoms with Gasteiger partial charge in [-0.1, -0.05) is 29.8 Å². The first kappa shape index (κ1) is 26.6. The van der Waals surface area contributed by atoms with Crippen molar-refractivity contribution in [2.75, 3.05) is 18.0 Å². The molecule has 0 saturated carbocycles. The highest BCUT2D eigenvalue weighted by Crippen LogP contribution is 2.31. The van der Waals surface area contributed by atoms with E-state index < -0.39 is 22.5 Å². The predicted octanol–water partition coefficient (Wildman–Crippen LogP) is 5.65. The van der Waals surface area contributed by atoms with Crippen molar-refractivity contribution >= 4 is 33.2 Å². The lowest BCUT2D eigenvalue weighted by molar-refractivity contribution is -0.120. The van der Waals surface area contributed by atoms with Crippen molar-refractivity contribution in [3.63, 3.8) is 0 Å². The van der Waals surface area contributed by atoms with Crippen LogP contribution in [0.4, 0.5) is 5.69 Å². The number of halogens is 1. The standard InChI is InChI=1S/C27H31ClN2O4S/c1-17-7-12-25(34-6)26(13-17)35(32,33)30(23-10-8-22(28)9-11-23)16-27(31)29-21(5)24-15-19(3)18(2)14-20(24)4/h7-15,21H,16H2,1-6H3,(H,29,31)/t21-/m1/s1. The molecule has 1 atom stereocenters. The van der Waals surface area contributed by atoms with Crippen LogP contribution in [0.3, 0.4) is 0 Å². The Labute approximate surface area is 212 Å². The molecule has 35 heavy (non-hydrogen) atoms. The summed E-state index contributed by atoms with van der Waals surface area (Å²) < 4.78 is 34.0. The van der Waals surface area contributed by atoms with Gasteiger partial charge < -0.3 is 10.1 Å². The number of amides is 1. The zero-order chi connectivity index (χ0) is 25.9. The molecule has 1 N–H and O–H groups in total. The Balaban J connectivity index is 1.97. The zero-order valence-electron chi connectivity index (χ0n) is 20.8. The van der Waals surface area contributed by atoms with Crippen LogP contribution in [0.25, 0.3) is 0 Å². The van der Waals surface area contributed by atoms with E-state index in [2.05, 4.69) is 17.4 Å². The Morgan fingerprint density at radius 2 is 1.60 bits per heavy atom. The summed E-state index contributed by atoms with van der Waals surface area (Å²) in [6, 6.07) is 15.1. The lowest BCUT2D eigenvalue weighted by atomic mass is 9.96. The van der Waals surface area contributed by atoms with Crippen molar-refractivity contribution in [2.45, 2.75) is 45.6 Å². The molecule has 1 amide bonds. The molecule has 0 radical (unpaired) electrons. The molecule has 0 saturated heterocycles. The molecule has 0 unspecified atom stereocenters. The van der Waals surface area contributed by atoms with Crippen LogP contribution >= 0.6 is 11.6 Å². The number of anilines is 1. The molecule has 0 aliphatic rings. The van der Waals surface area contributed by atoms with Gasteiger partial charge in [-0.05, 0) is 98.8 Å². The summed E-state index contributed by atoms with van der Waals surface area (Å²) in [5, 5.41) is 3.42. The molecule has 8 heteroatoms. The van der Waals surface area contributed by atoms with Gasteiger partial charge >= 0.3 is 0 Å². The van der Waals surface area contributed by atoms with Crippen LogP contribution in [0.5, 0.6) is 5.75 Å². The number of nitrogens with one attached hydrogen (secondary N) is 1. The number of rotatable bonds is 8. The summed E-state index contributed by atoms with van der Waals surface area (Å²) in [7, 11) is -2.73. The van der Waals surface area contributed by atoms with Gasteiger partial charge in [0.15, 0.2) is 0 Å². The van der Waals surface area contributed by atoms with Crippen molar-refractivity contribution in [3.05, 3.63) is 87.4 Å². The maximum absolute atomic E-state index is 13.8. The minimum Gasteiger partial charge on any atom is -0.495 e.